The lowest BCUT2D eigenvalue weighted by Gasteiger charge is -2.41. The van der Waals surface area contributed by atoms with Gasteiger partial charge in [-0.3, -0.25) is 19.8 Å². The zero-order valence-corrected chi connectivity index (χ0v) is 17.6. The average molecular weight is 405 g/mol. The lowest BCUT2D eigenvalue weighted by atomic mass is 9.72. The fraction of sp³-hybridized carbons (Fsp3) is 0.600. The Morgan fingerprint density at radius 2 is 2.21 bits per heavy atom. The molecule has 0 saturated carbocycles. The van der Waals surface area contributed by atoms with Crippen molar-refractivity contribution in [3.05, 3.63) is 41.7 Å². The number of rotatable bonds is 4. The summed E-state index contributed by atoms with van der Waals surface area (Å²) in [7, 11) is 0. The van der Waals surface area contributed by atoms with Crippen molar-refractivity contribution < 1.29 is 4.79 Å². The molecule has 4 heterocycles. The number of carbonyl (C=O) groups is 1. The summed E-state index contributed by atoms with van der Waals surface area (Å²) >= 11 is 0. The van der Waals surface area contributed by atoms with Crippen LogP contribution in [0.2, 0.25) is 0 Å². The molecule has 2 aromatic heterocycles. The number of hydrogen-bond donors (Lipinski definition) is 1. The van der Waals surface area contributed by atoms with Gasteiger partial charge < -0.3 is 4.90 Å². The number of H-pyrrole nitrogens is 1. The van der Waals surface area contributed by atoms with Crippen molar-refractivity contribution in [2.24, 2.45) is 11.8 Å². The number of piperidine rings is 1. The highest BCUT2D eigenvalue weighted by molar-refractivity contribution is 5.85. The zero-order valence-electron chi connectivity index (χ0n) is 16.8. The van der Waals surface area contributed by atoms with E-state index < -0.39 is 0 Å². The number of nitrogens with one attached hydrogen (secondary N) is 1. The topological polar surface area (TPSA) is 78.0 Å². The van der Waals surface area contributed by atoms with Gasteiger partial charge in [-0.2, -0.15) is 5.10 Å². The SMILES string of the molecule is Cc1nc([C@@]23CCN(Cc4cccnc4)C[C@@H]2CN(C(=O)C(C)C)C3)n[nH]1.Cl. The monoisotopic (exact) mass is 404 g/mol. The largest absolute Gasteiger partial charge is 0.341 e. The first-order valence-corrected chi connectivity index (χ1v) is 9.77. The zero-order chi connectivity index (χ0) is 19.0. The van der Waals surface area contributed by atoms with Gasteiger partial charge in [-0.15, -0.1) is 12.4 Å². The van der Waals surface area contributed by atoms with Crippen LogP contribution in [0.1, 0.15) is 37.5 Å². The first kappa shape index (κ1) is 20.7. The molecule has 2 aromatic rings. The quantitative estimate of drug-likeness (QED) is 0.845. The van der Waals surface area contributed by atoms with E-state index in [0.29, 0.717) is 5.92 Å². The van der Waals surface area contributed by atoms with Crippen LogP contribution in [0.4, 0.5) is 0 Å². The molecule has 0 spiro atoms. The Bertz CT molecular complexity index is 810. The highest BCUT2D eigenvalue weighted by Crippen LogP contribution is 2.44. The molecule has 4 rings (SSSR count). The van der Waals surface area contributed by atoms with Gasteiger partial charge in [-0.05, 0) is 31.5 Å². The molecule has 2 aliphatic heterocycles. The second-order valence-corrected chi connectivity index (χ2v) is 8.32. The molecule has 0 aromatic carbocycles. The summed E-state index contributed by atoms with van der Waals surface area (Å²) in [5.74, 6) is 2.31. The Kier molecular flexibility index (Phi) is 6.05. The minimum Gasteiger partial charge on any atom is -0.341 e. The molecule has 0 aliphatic carbocycles. The second-order valence-electron chi connectivity index (χ2n) is 8.32. The third-order valence-corrected chi connectivity index (χ3v) is 6.03. The number of aromatic amines is 1. The third-order valence-electron chi connectivity index (χ3n) is 6.03. The van der Waals surface area contributed by atoms with Gasteiger partial charge in [0.25, 0.3) is 0 Å². The van der Waals surface area contributed by atoms with Gasteiger partial charge in [0.2, 0.25) is 5.91 Å². The molecule has 28 heavy (non-hydrogen) atoms. The Morgan fingerprint density at radius 1 is 1.39 bits per heavy atom. The van der Waals surface area contributed by atoms with Gasteiger partial charge in [-0.25, -0.2) is 4.98 Å². The van der Waals surface area contributed by atoms with E-state index in [9.17, 15) is 4.79 Å². The van der Waals surface area contributed by atoms with E-state index in [-0.39, 0.29) is 29.6 Å². The Labute approximate surface area is 172 Å². The fourth-order valence-electron chi connectivity index (χ4n) is 4.61. The van der Waals surface area contributed by atoms with E-state index in [4.69, 9.17) is 0 Å². The number of amides is 1. The highest BCUT2D eigenvalue weighted by atomic mass is 35.5. The van der Waals surface area contributed by atoms with Crippen molar-refractivity contribution >= 4 is 18.3 Å². The first-order chi connectivity index (χ1) is 13.0. The van der Waals surface area contributed by atoms with Gasteiger partial charge >= 0.3 is 0 Å². The Morgan fingerprint density at radius 3 is 2.86 bits per heavy atom. The molecule has 2 aliphatic rings. The highest BCUT2D eigenvalue weighted by Gasteiger charge is 2.54. The van der Waals surface area contributed by atoms with E-state index >= 15 is 0 Å². The number of fused-ring (bicyclic) bond motifs is 1. The van der Waals surface area contributed by atoms with Crippen molar-refractivity contribution in [3.63, 3.8) is 0 Å². The number of likely N-dealkylation sites (tertiary alicyclic amines) is 2. The van der Waals surface area contributed by atoms with E-state index in [0.717, 1.165) is 50.8 Å². The molecule has 0 bridgehead atoms. The number of pyridine rings is 1. The van der Waals surface area contributed by atoms with Crippen molar-refractivity contribution in [1.82, 2.24) is 30.0 Å². The van der Waals surface area contributed by atoms with Gasteiger partial charge in [0.05, 0.1) is 5.41 Å². The Hall–Kier alpha value is -1.99. The summed E-state index contributed by atoms with van der Waals surface area (Å²) in [6.45, 7) is 10.2. The van der Waals surface area contributed by atoms with Crippen molar-refractivity contribution in [2.45, 2.75) is 39.2 Å². The number of hydrogen-bond acceptors (Lipinski definition) is 5. The minimum absolute atomic E-state index is 0. The lowest BCUT2D eigenvalue weighted by molar-refractivity contribution is -0.133. The number of carbonyl (C=O) groups excluding carboxylic acids is 1. The molecular weight excluding hydrogens is 376 g/mol. The van der Waals surface area contributed by atoms with Gasteiger partial charge in [-0.1, -0.05) is 19.9 Å². The van der Waals surface area contributed by atoms with E-state index in [1.807, 2.05) is 44.1 Å². The molecule has 0 unspecified atom stereocenters. The van der Waals surface area contributed by atoms with Crippen LogP contribution in [0.5, 0.6) is 0 Å². The first-order valence-electron chi connectivity index (χ1n) is 9.77. The summed E-state index contributed by atoms with van der Waals surface area (Å²) in [5, 5.41) is 7.52. The minimum atomic E-state index is -0.138. The second kappa shape index (κ2) is 8.17. The van der Waals surface area contributed by atoms with Crippen LogP contribution >= 0.6 is 12.4 Å². The van der Waals surface area contributed by atoms with Crippen LogP contribution < -0.4 is 0 Å². The molecule has 152 valence electrons. The number of aromatic nitrogens is 4. The smallest absolute Gasteiger partial charge is 0.225 e. The predicted octanol–water partition coefficient (Wildman–Crippen LogP) is 2.19. The summed E-state index contributed by atoms with van der Waals surface area (Å²) in [6.07, 6.45) is 4.71. The maximum Gasteiger partial charge on any atom is 0.225 e. The fourth-order valence-corrected chi connectivity index (χ4v) is 4.61. The van der Waals surface area contributed by atoms with Crippen molar-refractivity contribution in [3.8, 4) is 0 Å². The van der Waals surface area contributed by atoms with Crippen LogP contribution in [0.15, 0.2) is 24.5 Å². The van der Waals surface area contributed by atoms with Crippen molar-refractivity contribution in [2.75, 3.05) is 26.2 Å². The summed E-state index contributed by atoms with van der Waals surface area (Å²) in [5.41, 5.74) is 1.09. The molecule has 1 N–H and O–H groups in total. The molecule has 8 heteroatoms. The summed E-state index contributed by atoms with van der Waals surface area (Å²) in [6, 6.07) is 4.11. The summed E-state index contributed by atoms with van der Waals surface area (Å²) < 4.78 is 0. The Balaban J connectivity index is 0.00000225. The summed E-state index contributed by atoms with van der Waals surface area (Å²) in [4.78, 5) is 26.1. The standard InChI is InChI=1S/C20H28N6O.ClH/c1-14(2)18(27)26-12-17-11-25(10-16-5-4-7-21-9-16)8-6-20(17,13-26)19-22-15(3)23-24-19;/h4-5,7,9,14,17H,6,8,10-13H2,1-3H3,(H,22,23,24);1H/t17-,20-;/m1./s1. The molecular formula is C20H29ClN6O. The maximum atomic E-state index is 12.7. The lowest BCUT2D eigenvalue weighted by Crippen LogP contribution is -2.49. The van der Waals surface area contributed by atoms with E-state index in [1.165, 1.54) is 5.56 Å². The van der Waals surface area contributed by atoms with Crippen LogP contribution in [-0.4, -0.2) is 62.1 Å². The van der Waals surface area contributed by atoms with Gasteiger partial charge in [0, 0.05) is 50.4 Å². The molecule has 0 radical (unpaired) electrons. The van der Waals surface area contributed by atoms with Crippen LogP contribution in [0.3, 0.4) is 0 Å². The van der Waals surface area contributed by atoms with Gasteiger partial charge in [0.1, 0.15) is 5.82 Å². The van der Waals surface area contributed by atoms with E-state index in [1.54, 1.807) is 0 Å². The van der Waals surface area contributed by atoms with Crippen LogP contribution in [-0.2, 0) is 16.8 Å². The van der Waals surface area contributed by atoms with Gasteiger partial charge in [0.15, 0.2) is 5.82 Å². The van der Waals surface area contributed by atoms with Crippen LogP contribution in [0.25, 0.3) is 0 Å². The average Bonchev–Trinajstić information content (AvgIpc) is 3.26. The number of aryl methyl sites for hydroxylation is 1. The van der Waals surface area contributed by atoms with Crippen LogP contribution in [0, 0.1) is 18.8 Å². The van der Waals surface area contributed by atoms with E-state index in [2.05, 4.69) is 31.1 Å². The molecule has 2 atom stereocenters. The maximum absolute atomic E-state index is 12.7. The molecule has 2 saturated heterocycles. The predicted molar refractivity (Wildman–Crippen MR) is 109 cm³/mol. The molecule has 7 nitrogen and oxygen atoms in total. The molecule has 1 amide bonds. The molecule has 2 fully saturated rings. The normalized spacial score (nSPS) is 24.9. The number of nitrogens with zero attached hydrogens (tertiary/aromatic N) is 5. The third kappa shape index (κ3) is 3.78. The number of halogens is 1. The van der Waals surface area contributed by atoms with Crippen molar-refractivity contribution in [1.29, 1.82) is 0 Å².